The van der Waals surface area contributed by atoms with Gasteiger partial charge in [-0.15, -0.1) is 0 Å². The van der Waals surface area contributed by atoms with Gasteiger partial charge in [-0.1, -0.05) is 22.0 Å². The molecule has 0 aliphatic carbocycles. The SMILES string of the molecule is Cc1cc(NC(=O)c2cn3c(C)cccc3n2)ccc1Br. The summed E-state index contributed by atoms with van der Waals surface area (Å²) in [4.78, 5) is 16.6. The molecule has 0 spiro atoms. The maximum absolute atomic E-state index is 12.3. The zero-order chi connectivity index (χ0) is 15.0. The van der Waals surface area contributed by atoms with E-state index in [1.807, 2.05) is 54.6 Å². The van der Waals surface area contributed by atoms with E-state index in [0.717, 1.165) is 27.1 Å². The van der Waals surface area contributed by atoms with Crippen molar-refractivity contribution in [1.29, 1.82) is 0 Å². The van der Waals surface area contributed by atoms with Gasteiger partial charge in [-0.25, -0.2) is 4.98 Å². The third-order valence-electron chi connectivity index (χ3n) is 3.34. The van der Waals surface area contributed by atoms with Crippen molar-refractivity contribution < 1.29 is 4.79 Å². The number of hydrogen-bond acceptors (Lipinski definition) is 2. The van der Waals surface area contributed by atoms with Gasteiger partial charge in [-0.05, 0) is 49.7 Å². The van der Waals surface area contributed by atoms with E-state index < -0.39 is 0 Å². The highest BCUT2D eigenvalue weighted by Crippen LogP contribution is 2.20. The van der Waals surface area contributed by atoms with Crippen molar-refractivity contribution in [2.45, 2.75) is 13.8 Å². The van der Waals surface area contributed by atoms with E-state index in [1.54, 1.807) is 6.20 Å². The summed E-state index contributed by atoms with van der Waals surface area (Å²) in [5, 5.41) is 2.87. The molecule has 0 unspecified atom stereocenters. The Bertz CT molecular complexity index is 839. The van der Waals surface area contributed by atoms with Gasteiger partial charge in [0.2, 0.25) is 0 Å². The highest BCUT2D eigenvalue weighted by atomic mass is 79.9. The van der Waals surface area contributed by atoms with Gasteiger partial charge in [-0.2, -0.15) is 0 Å². The predicted octanol–water partition coefficient (Wildman–Crippen LogP) is 3.97. The minimum Gasteiger partial charge on any atom is -0.321 e. The molecule has 0 fully saturated rings. The Kier molecular flexibility index (Phi) is 3.51. The van der Waals surface area contributed by atoms with Crippen LogP contribution in [0.25, 0.3) is 5.65 Å². The van der Waals surface area contributed by atoms with E-state index in [0.29, 0.717) is 5.69 Å². The second kappa shape index (κ2) is 5.33. The van der Waals surface area contributed by atoms with Crippen molar-refractivity contribution in [2.24, 2.45) is 0 Å². The molecule has 0 aliphatic rings. The number of halogens is 1. The first-order valence-electron chi connectivity index (χ1n) is 6.57. The Morgan fingerprint density at radius 2 is 2.05 bits per heavy atom. The molecule has 106 valence electrons. The molecule has 0 bridgehead atoms. The highest BCUT2D eigenvalue weighted by molar-refractivity contribution is 9.10. The number of anilines is 1. The number of aryl methyl sites for hydroxylation is 2. The molecule has 1 amide bonds. The third-order valence-corrected chi connectivity index (χ3v) is 4.23. The molecule has 5 heteroatoms. The number of hydrogen-bond donors (Lipinski definition) is 1. The highest BCUT2D eigenvalue weighted by Gasteiger charge is 2.12. The first-order valence-corrected chi connectivity index (χ1v) is 7.36. The average Bonchev–Trinajstić information content (AvgIpc) is 2.89. The summed E-state index contributed by atoms with van der Waals surface area (Å²) < 4.78 is 2.92. The summed E-state index contributed by atoms with van der Waals surface area (Å²) in [6, 6.07) is 11.5. The lowest BCUT2D eigenvalue weighted by molar-refractivity contribution is 0.102. The van der Waals surface area contributed by atoms with Crippen LogP contribution in [-0.2, 0) is 0 Å². The lowest BCUT2D eigenvalue weighted by Gasteiger charge is -2.05. The van der Waals surface area contributed by atoms with E-state index in [1.165, 1.54) is 0 Å². The van der Waals surface area contributed by atoms with Gasteiger partial charge in [-0.3, -0.25) is 4.79 Å². The molecule has 0 atom stereocenters. The second-order valence-electron chi connectivity index (χ2n) is 4.94. The van der Waals surface area contributed by atoms with Crippen molar-refractivity contribution in [3.05, 3.63) is 64.0 Å². The van der Waals surface area contributed by atoms with Crippen LogP contribution < -0.4 is 5.32 Å². The number of fused-ring (bicyclic) bond motifs is 1. The van der Waals surface area contributed by atoms with E-state index in [9.17, 15) is 4.79 Å². The van der Waals surface area contributed by atoms with Crippen LogP contribution in [0.4, 0.5) is 5.69 Å². The molecule has 0 saturated heterocycles. The van der Waals surface area contributed by atoms with E-state index >= 15 is 0 Å². The number of benzene rings is 1. The van der Waals surface area contributed by atoms with E-state index in [-0.39, 0.29) is 5.91 Å². The van der Waals surface area contributed by atoms with Crippen LogP contribution in [-0.4, -0.2) is 15.3 Å². The molecule has 0 aliphatic heterocycles. The fourth-order valence-corrected chi connectivity index (χ4v) is 2.42. The Morgan fingerprint density at radius 1 is 1.24 bits per heavy atom. The normalized spacial score (nSPS) is 10.8. The molecule has 21 heavy (non-hydrogen) atoms. The smallest absolute Gasteiger partial charge is 0.275 e. The van der Waals surface area contributed by atoms with Crippen LogP contribution in [0.5, 0.6) is 0 Å². The molecule has 3 rings (SSSR count). The van der Waals surface area contributed by atoms with Crippen molar-refractivity contribution in [2.75, 3.05) is 5.32 Å². The lowest BCUT2D eigenvalue weighted by Crippen LogP contribution is -2.12. The summed E-state index contributed by atoms with van der Waals surface area (Å²) in [7, 11) is 0. The summed E-state index contributed by atoms with van der Waals surface area (Å²) in [6.07, 6.45) is 1.76. The van der Waals surface area contributed by atoms with Crippen LogP contribution in [0.2, 0.25) is 0 Å². The van der Waals surface area contributed by atoms with Crippen molar-refractivity contribution in [1.82, 2.24) is 9.38 Å². The number of aromatic nitrogens is 2. The first-order chi connectivity index (χ1) is 10.0. The van der Waals surface area contributed by atoms with Gasteiger partial charge in [0.15, 0.2) is 0 Å². The number of pyridine rings is 1. The van der Waals surface area contributed by atoms with Crippen LogP contribution in [0, 0.1) is 13.8 Å². The van der Waals surface area contributed by atoms with E-state index in [4.69, 9.17) is 0 Å². The lowest BCUT2D eigenvalue weighted by atomic mass is 10.2. The summed E-state index contributed by atoms with van der Waals surface area (Å²) >= 11 is 3.44. The number of nitrogens with one attached hydrogen (secondary N) is 1. The zero-order valence-corrected chi connectivity index (χ0v) is 13.3. The minimum atomic E-state index is -0.208. The largest absolute Gasteiger partial charge is 0.321 e. The quantitative estimate of drug-likeness (QED) is 0.765. The zero-order valence-electron chi connectivity index (χ0n) is 11.7. The molecule has 1 aromatic carbocycles. The topological polar surface area (TPSA) is 46.4 Å². The van der Waals surface area contributed by atoms with Crippen LogP contribution in [0.3, 0.4) is 0 Å². The van der Waals surface area contributed by atoms with Crippen molar-refractivity contribution in [3.8, 4) is 0 Å². The van der Waals surface area contributed by atoms with Gasteiger partial charge in [0.25, 0.3) is 5.91 Å². The van der Waals surface area contributed by atoms with Gasteiger partial charge in [0.05, 0.1) is 0 Å². The summed E-state index contributed by atoms with van der Waals surface area (Å²) in [5.41, 5.74) is 4.05. The molecule has 0 radical (unpaired) electrons. The number of nitrogens with zero attached hydrogens (tertiary/aromatic N) is 2. The van der Waals surface area contributed by atoms with Gasteiger partial charge >= 0.3 is 0 Å². The molecule has 4 nitrogen and oxygen atoms in total. The first kappa shape index (κ1) is 13.8. The third kappa shape index (κ3) is 2.69. The molecule has 2 heterocycles. The summed E-state index contributed by atoms with van der Waals surface area (Å²) in [5.74, 6) is -0.208. The minimum absolute atomic E-state index is 0.208. The standard InChI is InChI=1S/C16H14BrN3O/c1-10-8-12(6-7-13(10)17)18-16(21)14-9-20-11(2)4-3-5-15(20)19-14/h3-9H,1-2H3,(H,18,21). The Hall–Kier alpha value is -2.14. The van der Waals surface area contributed by atoms with Gasteiger partial charge in [0.1, 0.15) is 11.3 Å². The van der Waals surface area contributed by atoms with Crippen LogP contribution in [0.1, 0.15) is 21.7 Å². The summed E-state index contributed by atoms with van der Waals surface area (Å²) in [6.45, 7) is 3.96. The predicted molar refractivity (Wildman–Crippen MR) is 86.8 cm³/mol. The Labute approximate surface area is 131 Å². The molecule has 0 saturated carbocycles. The maximum Gasteiger partial charge on any atom is 0.275 e. The number of rotatable bonds is 2. The number of carbonyl (C=O) groups excluding carboxylic acids is 1. The second-order valence-corrected chi connectivity index (χ2v) is 5.79. The molecule has 3 aromatic rings. The van der Waals surface area contributed by atoms with Crippen LogP contribution >= 0.6 is 15.9 Å². The van der Waals surface area contributed by atoms with Gasteiger partial charge < -0.3 is 9.72 Å². The molecular formula is C16H14BrN3O. The number of amides is 1. The van der Waals surface area contributed by atoms with Crippen molar-refractivity contribution >= 4 is 33.2 Å². The fourth-order valence-electron chi connectivity index (χ4n) is 2.18. The maximum atomic E-state index is 12.3. The van der Waals surface area contributed by atoms with Crippen LogP contribution in [0.15, 0.2) is 47.1 Å². The monoisotopic (exact) mass is 343 g/mol. The van der Waals surface area contributed by atoms with E-state index in [2.05, 4.69) is 26.2 Å². The fraction of sp³-hybridized carbons (Fsp3) is 0.125. The molecule has 1 N–H and O–H groups in total. The Balaban J connectivity index is 1.90. The molecule has 2 aromatic heterocycles. The average molecular weight is 344 g/mol. The van der Waals surface area contributed by atoms with Crippen molar-refractivity contribution in [3.63, 3.8) is 0 Å². The molecular weight excluding hydrogens is 330 g/mol. The number of imidazole rings is 1. The van der Waals surface area contributed by atoms with Gasteiger partial charge in [0, 0.05) is 22.1 Å². The number of carbonyl (C=O) groups is 1. The Morgan fingerprint density at radius 3 is 2.76 bits per heavy atom.